The second kappa shape index (κ2) is 6.28. The lowest BCUT2D eigenvalue weighted by Gasteiger charge is -2.10. The summed E-state index contributed by atoms with van der Waals surface area (Å²) in [5.74, 6) is -0.139. The van der Waals surface area contributed by atoms with Gasteiger partial charge in [-0.15, -0.1) is 0 Å². The lowest BCUT2D eigenvalue weighted by Crippen LogP contribution is -2.18. The molecular weight excluding hydrogens is 342 g/mol. The summed E-state index contributed by atoms with van der Waals surface area (Å²) in [7, 11) is -3.50. The highest BCUT2D eigenvalue weighted by Crippen LogP contribution is 2.27. The largest absolute Gasteiger partial charge is 0.506 e. The van der Waals surface area contributed by atoms with Crippen molar-refractivity contribution in [3.63, 3.8) is 0 Å². The van der Waals surface area contributed by atoms with Crippen molar-refractivity contribution < 1.29 is 13.5 Å². The first-order valence-electron chi connectivity index (χ1n) is 5.99. The Hall–Kier alpha value is -1.53. The zero-order valence-electron chi connectivity index (χ0n) is 10.6. The van der Waals surface area contributed by atoms with Crippen LogP contribution in [0, 0.1) is 0 Å². The molecule has 0 saturated carbocycles. The van der Waals surface area contributed by atoms with Crippen LogP contribution in [0.15, 0.2) is 53.0 Å². The van der Waals surface area contributed by atoms with Crippen LogP contribution in [0.1, 0.15) is 5.56 Å². The van der Waals surface area contributed by atoms with E-state index in [1.807, 2.05) is 30.3 Å². The van der Waals surface area contributed by atoms with E-state index in [1.54, 1.807) is 6.07 Å². The van der Waals surface area contributed by atoms with Gasteiger partial charge in [-0.1, -0.05) is 46.3 Å². The Morgan fingerprint density at radius 2 is 1.80 bits per heavy atom. The van der Waals surface area contributed by atoms with Crippen LogP contribution in [0.5, 0.6) is 5.75 Å². The van der Waals surface area contributed by atoms with E-state index in [0.717, 1.165) is 5.56 Å². The van der Waals surface area contributed by atoms with E-state index in [2.05, 4.69) is 20.7 Å². The van der Waals surface area contributed by atoms with E-state index in [0.29, 0.717) is 10.9 Å². The summed E-state index contributed by atoms with van der Waals surface area (Å²) in [6.45, 7) is 0. The number of phenols is 1. The van der Waals surface area contributed by atoms with Crippen molar-refractivity contribution in [1.29, 1.82) is 0 Å². The minimum atomic E-state index is -3.50. The third-order valence-electron chi connectivity index (χ3n) is 2.73. The molecule has 0 unspecified atom stereocenters. The minimum Gasteiger partial charge on any atom is -0.506 e. The zero-order chi connectivity index (χ0) is 14.6. The molecule has 2 N–H and O–H groups in total. The fraction of sp³-hybridized carbons (Fsp3) is 0.143. The third kappa shape index (κ3) is 4.25. The number of hydrogen-bond donors (Lipinski definition) is 2. The van der Waals surface area contributed by atoms with Gasteiger partial charge in [0.05, 0.1) is 11.4 Å². The van der Waals surface area contributed by atoms with Gasteiger partial charge >= 0.3 is 0 Å². The number of halogens is 1. The van der Waals surface area contributed by atoms with Crippen molar-refractivity contribution in [2.45, 2.75) is 6.42 Å². The fourth-order valence-corrected chi connectivity index (χ4v) is 3.17. The molecule has 0 fully saturated rings. The van der Waals surface area contributed by atoms with Crippen LogP contribution in [0.2, 0.25) is 0 Å². The van der Waals surface area contributed by atoms with Crippen molar-refractivity contribution in [2.24, 2.45) is 0 Å². The number of aromatic hydroxyl groups is 1. The average Bonchev–Trinajstić information content (AvgIpc) is 2.42. The summed E-state index contributed by atoms with van der Waals surface area (Å²) < 4.78 is 27.1. The number of phenolic OH excluding ortho intramolecular Hbond substituents is 1. The van der Waals surface area contributed by atoms with Gasteiger partial charge in [0, 0.05) is 4.47 Å². The molecule has 2 rings (SSSR count). The number of hydrogen-bond acceptors (Lipinski definition) is 3. The molecule has 0 spiro atoms. The summed E-state index contributed by atoms with van der Waals surface area (Å²) >= 11 is 3.23. The molecule has 0 aliphatic carbocycles. The number of aryl methyl sites for hydroxylation is 1. The van der Waals surface area contributed by atoms with Gasteiger partial charge in [0.1, 0.15) is 5.75 Å². The summed E-state index contributed by atoms with van der Waals surface area (Å²) in [6.07, 6.45) is 0.422. The first kappa shape index (κ1) is 14.9. The van der Waals surface area contributed by atoms with Crippen molar-refractivity contribution in [1.82, 2.24) is 0 Å². The standard InChI is InChI=1S/C14H14BrNO3S/c15-12-6-7-14(17)13(10-12)16-20(18,19)9-8-11-4-2-1-3-5-11/h1-7,10,16-17H,8-9H2. The molecule has 20 heavy (non-hydrogen) atoms. The van der Waals surface area contributed by atoms with E-state index < -0.39 is 10.0 Å². The van der Waals surface area contributed by atoms with Crippen molar-refractivity contribution in [3.8, 4) is 5.75 Å². The van der Waals surface area contributed by atoms with Gasteiger partial charge in [0.2, 0.25) is 10.0 Å². The average molecular weight is 356 g/mol. The minimum absolute atomic E-state index is 0.0387. The Kier molecular flexibility index (Phi) is 4.67. The molecular formula is C14H14BrNO3S. The Morgan fingerprint density at radius 3 is 2.50 bits per heavy atom. The van der Waals surface area contributed by atoms with Crippen LogP contribution >= 0.6 is 15.9 Å². The van der Waals surface area contributed by atoms with E-state index in [-0.39, 0.29) is 17.2 Å². The predicted octanol–water partition coefficient (Wildman–Crippen LogP) is 3.14. The number of rotatable bonds is 5. The molecule has 0 amide bonds. The second-order valence-corrected chi connectivity index (χ2v) is 7.08. The van der Waals surface area contributed by atoms with Crippen LogP contribution in [-0.2, 0) is 16.4 Å². The highest BCUT2D eigenvalue weighted by Gasteiger charge is 2.13. The van der Waals surface area contributed by atoms with Gasteiger partial charge in [-0.25, -0.2) is 8.42 Å². The van der Waals surface area contributed by atoms with E-state index in [1.165, 1.54) is 12.1 Å². The highest BCUT2D eigenvalue weighted by atomic mass is 79.9. The Balaban J connectivity index is 2.06. The van der Waals surface area contributed by atoms with Gasteiger partial charge in [0.25, 0.3) is 0 Å². The predicted molar refractivity (Wildman–Crippen MR) is 83.4 cm³/mol. The molecule has 0 radical (unpaired) electrons. The maximum absolute atomic E-state index is 12.0. The molecule has 2 aromatic rings. The monoisotopic (exact) mass is 355 g/mol. The molecule has 0 aliphatic heterocycles. The maximum atomic E-state index is 12.0. The Labute approximate surface area is 126 Å². The van der Waals surface area contributed by atoms with E-state index in [4.69, 9.17) is 0 Å². The Morgan fingerprint density at radius 1 is 1.10 bits per heavy atom. The molecule has 0 heterocycles. The Bertz CT molecular complexity index is 687. The maximum Gasteiger partial charge on any atom is 0.233 e. The molecule has 106 valence electrons. The highest BCUT2D eigenvalue weighted by molar-refractivity contribution is 9.10. The first-order valence-corrected chi connectivity index (χ1v) is 8.44. The molecule has 0 aromatic heterocycles. The molecule has 0 atom stereocenters. The molecule has 2 aromatic carbocycles. The lowest BCUT2D eigenvalue weighted by molar-refractivity contribution is 0.477. The first-order chi connectivity index (χ1) is 9.46. The van der Waals surface area contributed by atoms with Crippen LogP contribution in [0.3, 0.4) is 0 Å². The van der Waals surface area contributed by atoms with Gasteiger partial charge in [0.15, 0.2) is 0 Å². The quantitative estimate of drug-likeness (QED) is 0.809. The number of sulfonamides is 1. The van der Waals surface area contributed by atoms with Gasteiger partial charge in [-0.2, -0.15) is 0 Å². The number of anilines is 1. The van der Waals surface area contributed by atoms with Crippen LogP contribution in [-0.4, -0.2) is 19.3 Å². The van der Waals surface area contributed by atoms with Crippen molar-refractivity contribution >= 4 is 31.6 Å². The van der Waals surface area contributed by atoms with Crippen molar-refractivity contribution in [2.75, 3.05) is 10.5 Å². The summed E-state index contributed by atoms with van der Waals surface area (Å²) in [4.78, 5) is 0. The summed E-state index contributed by atoms with van der Waals surface area (Å²) in [6, 6.07) is 14.0. The zero-order valence-corrected chi connectivity index (χ0v) is 13.0. The smallest absolute Gasteiger partial charge is 0.233 e. The topological polar surface area (TPSA) is 66.4 Å². The molecule has 6 heteroatoms. The summed E-state index contributed by atoms with van der Waals surface area (Å²) in [5, 5.41) is 9.64. The van der Waals surface area contributed by atoms with Crippen LogP contribution < -0.4 is 4.72 Å². The summed E-state index contributed by atoms with van der Waals surface area (Å²) in [5.41, 5.74) is 1.13. The molecule has 0 bridgehead atoms. The van der Waals surface area contributed by atoms with E-state index in [9.17, 15) is 13.5 Å². The lowest BCUT2D eigenvalue weighted by atomic mass is 10.2. The molecule has 0 saturated heterocycles. The molecule has 0 aliphatic rings. The normalized spacial score (nSPS) is 11.2. The van der Waals surface area contributed by atoms with Gasteiger partial charge < -0.3 is 5.11 Å². The number of nitrogens with one attached hydrogen (secondary N) is 1. The number of benzene rings is 2. The SMILES string of the molecule is O=S(=O)(CCc1ccccc1)Nc1cc(Br)ccc1O. The third-order valence-corrected chi connectivity index (χ3v) is 4.49. The molecule has 4 nitrogen and oxygen atoms in total. The van der Waals surface area contributed by atoms with E-state index >= 15 is 0 Å². The van der Waals surface area contributed by atoms with Crippen LogP contribution in [0.4, 0.5) is 5.69 Å². The second-order valence-electron chi connectivity index (χ2n) is 4.32. The van der Waals surface area contributed by atoms with Crippen LogP contribution in [0.25, 0.3) is 0 Å². The van der Waals surface area contributed by atoms with Gasteiger partial charge in [-0.05, 0) is 30.2 Å². The fourth-order valence-electron chi connectivity index (χ4n) is 1.71. The van der Waals surface area contributed by atoms with Crippen molar-refractivity contribution in [3.05, 3.63) is 58.6 Å². The van der Waals surface area contributed by atoms with Gasteiger partial charge in [-0.3, -0.25) is 4.72 Å².